The monoisotopic (exact) mass is 209 g/mol. The second-order valence-electron chi connectivity index (χ2n) is 4.02. The number of likely N-dealkylation sites (tertiary alicyclic amines) is 1. The number of nitriles is 1. The predicted molar refractivity (Wildman–Crippen MR) is 58.2 cm³/mol. The Kier molecular flexibility index (Phi) is 5.13. The third-order valence-corrected chi connectivity index (χ3v) is 2.83. The summed E-state index contributed by atoms with van der Waals surface area (Å²) >= 11 is 0. The van der Waals surface area contributed by atoms with Gasteiger partial charge in [-0.15, -0.1) is 0 Å². The molecule has 84 valence electrons. The highest BCUT2D eigenvalue weighted by Crippen LogP contribution is 2.07. The minimum Gasteiger partial charge on any atom is -0.345 e. The van der Waals surface area contributed by atoms with E-state index in [9.17, 15) is 4.79 Å². The van der Waals surface area contributed by atoms with Crippen molar-refractivity contribution in [3.05, 3.63) is 0 Å². The molecule has 1 fully saturated rings. The zero-order valence-electron chi connectivity index (χ0n) is 9.41. The van der Waals surface area contributed by atoms with Gasteiger partial charge in [-0.25, -0.2) is 0 Å². The van der Waals surface area contributed by atoms with Gasteiger partial charge in [0.25, 0.3) is 0 Å². The zero-order chi connectivity index (χ0) is 11.1. The van der Waals surface area contributed by atoms with Crippen molar-refractivity contribution >= 4 is 5.91 Å². The summed E-state index contributed by atoms with van der Waals surface area (Å²) < 4.78 is 0. The number of hydrogen-bond acceptors (Lipinski definition) is 3. The maximum Gasteiger partial charge on any atom is 0.223 e. The van der Waals surface area contributed by atoms with Crippen molar-refractivity contribution < 1.29 is 4.79 Å². The van der Waals surface area contributed by atoms with Crippen molar-refractivity contribution in [3.8, 4) is 6.07 Å². The summed E-state index contributed by atoms with van der Waals surface area (Å²) in [4.78, 5) is 15.6. The fourth-order valence-electron chi connectivity index (χ4n) is 1.79. The summed E-state index contributed by atoms with van der Waals surface area (Å²) in [6.45, 7) is 3.69. The van der Waals surface area contributed by atoms with Crippen LogP contribution in [0.1, 0.15) is 25.7 Å². The van der Waals surface area contributed by atoms with E-state index >= 15 is 0 Å². The van der Waals surface area contributed by atoms with Gasteiger partial charge in [0.15, 0.2) is 0 Å². The molecule has 1 aliphatic heterocycles. The third-order valence-electron chi connectivity index (χ3n) is 2.83. The molecule has 0 radical (unpaired) electrons. The van der Waals surface area contributed by atoms with Crippen LogP contribution in [0.2, 0.25) is 0 Å². The smallest absolute Gasteiger partial charge is 0.223 e. The maximum atomic E-state index is 11.6. The van der Waals surface area contributed by atoms with Crippen LogP contribution in [0.3, 0.4) is 0 Å². The molecule has 15 heavy (non-hydrogen) atoms. The average Bonchev–Trinajstić information content (AvgIpc) is 2.75. The van der Waals surface area contributed by atoms with Gasteiger partial charge in [-0.1, -0.05) is 0 Å². The van der Waals surface area contributed by atoms with Gasteiger partial charge in [-0.05, 0) is 25.9 Å². The van der Waals surface area contributed by atoms with Gasteiger partial charge in [0.1, 0.15) is 0 Å². The Labute approximate surface area is 91.5 Å². The predicted octanol–water partition coefficient (Wildman–Crippen LogP) is 0.844. The molecule has 0 aromatic heterocycles. The van der Waals surface area contributed by atoms with E-state index in [4.69, 9.17) is 5.26 Å². The molecule has 0 aromatic rings. The topological polar surface area (TPSA) is 47.3 Å². The summed E-state index contributed by atoms with van der Waals surface area (Å²) in [5.41, 5.74) is 0. The molecule has 0 atom stereocenters. The van der Waals surface area contributed by atoms with Gasteiger partial charge in [-0.2, -0.15) is 5.26 Å². The zero-order valence-corrected chi connectivity index (χ0v) is 9.41. The quantitative estimate of drug-likeness (QED) is 0.674. The Hall–Kier alpha value is -1.08. The molecule has 0 aliphatic carbocycles. The molecule has 1 rings (SSSR count). The van der Waals surface area contributed by atoms with Crippen LogP contribution in [0.5, 0.6) is 0 Å². The number of nitrogens with zero attached hydrogens (tertiary/aromatic N) is 3. The number of rotatable bonds is 5. The van der Waals surface area contributed by atoms with E-state index in [1.165, 1.54) is 12.8 Å². The van der Waals surface area contributed by atoms with Crippen LogP contribution in [0, 0.1) is 11.3 Å². The van der Waals surface area contributed by atoms with Crippen LogP contribution in [-0.2, 0) is 4.79 Å². The number of carbonyl (C=O) groups is 1. The molecule has 1 amide bonds. The standard InChI is InChI=1S/C11H19N3O/c1-13(7-4-6-12)11(15)5-10-14-8-2-3-9-14/h2-5,7-10H2,1H3. The average molecular weight is 209 g/mol. The second kappa shape index (κ2) is 6.41. The van der Waals surface area contributed by atoms with E-state index in [0.29, 0.717) is 19.4 Å². The fourth-order valence-corrected chi connectivity index (χ4v) is 1.79. The van der Waals surface area contributed by atoms with E-state index in [2.05, 4.69) is 4.90 Å². The minimum atomic E-state index is 0.150. The third kappa shape index (κ3) is 4.30. The first-order valence-electron chi connectivity index (χ1n) is 5.57. The van der Waals surface area contributed by atoms with Crippen molar-refractivity contribution in [2.24, 2.45) is 0 Å². The minimum absolute atomic E-state index is 0.150. The molecule has 1 aliphatic rings. The van der Waals surface area contributed by atoms with Gasteiger partial charge in [0, 0.05) is 26.6 Å². The summed E-state index contributed by atoms with van der Waals surface area (Å²) in [6.07, 6.45) is 3.53. The lowest BCUT2D eigenvalue weighted by atomic mass is 10.3. The SMILES string of the molecule is CN(CCC#N)C(=O)CCN1CCCC1. The van der Waals surface area contributed by atoms with Crippen LogP contribution in [0.15, 0.2) is 0 Å². The Bertz CT molecular complexity index is 241. The molecule has 0 aromatic carbocycles. The van der Waals surface area contributed by atoms with Crippen LogP contribution >= 0.6 is 0 Å². The number of amides is 1. The first kappa shape index (κ1) is 12.0. The first-order chi connectivity index (χ1) is 7.24. The van der Waals surface area contributed by atoms with Crippen LogP contribution in [0.4, 0.5) is 0 Å². The van der Waals surface area contributed by atoms with Crippen molar-refractivity contribution in [2.45, 2.75) is 25.7 Å². The van der Waals surface area contributed by atoms with Gasteiger partial charge in [0.05, 0.1) is 12.5 Å². The van der Waals surface area contributed by atoms with Crippen molar-refractivity contribution in [1.29, 1.82) is 5.26 Å². The van der Waals surface area contributed by atoms with E-state index < -0.39 is 0 Å². The van der Waals surface area contributed by atoms with Crippen molar-refractivity contribution in [3.63, 3.8) is 0 Å². The van der Waals surface area contributed by atoms with E-state index in [1.54, 1.807) is 11.9 Å². The summed E-state index contributed by atoms with van der Waals surface area (Å²) in [5, 5.41) is 8.40. The van der Waals surface area contributed by atoms with E-state index in [0.717, 1.165) is 19.6 Å². The fraction of sp³-hybridized carbons (Fsp3) is 0.818. The highest BCUT2D eigenvalue weighted by molar-refractivity contribution is 5.76. The summed E-state index contributed by atoms with van der Waals surface area (Å²) in [6, 6.07) is 2.05. The van der Waals surface area contributed by atoms with Gasteiger partial charge in [-0.3, -0.25) is 4.79 Å². The van der Waals surface area contributed by atoms with Gasteiger partial charge < -0.3 is 9.80 Å². The first-order valence-corrected chi connectivity index (χ1v) is 5.57. The molecular formula is C11H19N3O. The highest BCUT2D eigenvalue weighted by atomic mass is 16.2. The molecule has 4 heteroatoms. The molecule has 0 bridgehead atoms. The van der Waals surface area contributed by atoms with Crippen molar-refractivity contribution in [1.82, 2.24) is 9.80 Å². The number of hydrogen-bond donors (Lipinski definition) is 0. The van der Waals surface area contributed by atoms with E-state index in [1.807, 2.05) is 6.07 Å². The molecule has 0 N–H and O–H groups in total. The molecule has 1 heterocycles. The number of carbonyl (C=O) groups excluding carboxylic acids is 1. The second-order valence-corrected chi connectivity index (χ2v) is 4.02. The normalized spacial score (nSPS) is 16.3. The lowest BCUT2D eigenvalue weighted by Gasteiger charge is -2.18. The highest BCUT2D eigenvalue weighted by Gasteiger charge is 2.14. The van der Waals surface area contributed by atoms with Gasteiger partial charge in [0.2, 0.25) is 5.91 Å². The summed E-state index contributed by atoms with van der Waals surface area (Å²) in [7, 11) is 1.77. The lowest BCUT2D eigenvalue weighted by molar-refractivity contribution is -0.130. The molecule has 0 spiro atoms. The summed E-state index contributed by atoms with van der Waals surface area (Å²) in [5.74, 6) is 0.150. The maximum absolute atomic E-state index is 11.6. The van der Waals surface area contributed by atoms with Gasteiger partial charge >= 0.3 is 0 Å². The molecule has 0 unspecified atom stereocenters. The Balaban J connectivity index is 2.14. The molecule has 1 saturated heterocycles. The van der Waals surface area contributed by atoms with Crippen LogP contribution in [0.25, 0.3) is 0 Å². The van der Waals surface area contributed by atoms with Crippen molar-refractivity contribution in [2.75, 3.05) is 33.2 Å². The molecular weight excluding hydrogens is 190 g/mol. The lowest BCUT2D eigenvalue weighted by Crippen LogP contribution is -2.31. The van der Waals surface area contributed by atoms with E-state index in [-0.39, 0.29) is 5.91 Å². The van der Waals surface area contributed by atoms with Crippen LogP contribution < -0.4 is 0 Å². The molecule has 0 saturated carbocycles. The molecule has 4 nitrogen and oxygen atoms in total. The Morgan fingerprint density at radius 2 is 2.13 bits per heavy atom. The van der Waals surface area contributed by atoms with Crippen LogP contribution in [-0.4, -0.2) is 48.9 Å². The Morgan fingerprint density at radius 1 is 1.47 bits per heavy atom. The largest absolute Gasteiger partial charge is 0.345 e. The Morgan fingerprint density at radius 3 is 2.73 bits per heavy atom.